The molecule has 1 aliphatic rings. The molecule has 1 aromatic heterocycles. The maximum atomic E-state index is 6.25. The van der Waals surface area contributed by atoms with Crippen molar-refractivity contribution in [1.82, 2.24) is 19.8 Å². The number of nitrogens with zero attached hydrogens (tertiary/aromatic N) is 4. The normalized spacial score (nSPS) is 14.2. The second kappa shape index (κ2) is 13.8. The Morgan fingerprint density at radius 2 is 1.89 bits per heavy atom. The van der Waals surface area contributed by atoms with Crippen molar-refractivity contribution < 1.29 is 14.2 Å². The lowest BCUT2D eigenvalue weighted by Crippen LogP contribution is -2.28. The fourth-order valence-electron chi connectivity index (χ4n) is 4.37. The number of ether oxygens (including phenoxy) is 3. The Bertz CT molecular complexity index is 1210. The monoisotopic (exact) mass is 517 g/mol. The van der Waals surface area contributed by atoms with Gasteiger partial charge in [0.15, 0.2) is 11.5 Å². The van der Waals surface area contributed by atoms with Crippen molar-refractivity contribution in [2.24, 2.45) is 0 Å². The van der Waals surface area contributed by atoms with Crippen molar-refractivity contribution in [2.45, 2.75) is 26.8 Å². The Morgan fingerprint density at radius 1 is 1.05 bits per heavy atom. The Morgan fingerprint density at radius 3 is 2.71 bits per heavy atom. The van der Waals surface area contributed by atoms with E-state index in [-0.39, 0.29) is 0 Å². The van der Waals surface area contributed by atoms with E-state index < -0.39 is 0 Å². The smallest absolute Gasteiger partial charge is 0.227 e. The summed E-state index contributed by atoms with van der Waals surface area (Å²) in [4.78, 5) is 13.9. The average Bonchev–Trinajstić information content (AvgIpc) is 2.93. The van der Waals surface area contributed by atoms with Crippen molar-refractivity contribution in [3.63, 3.8) is 0 Å². The Labute approximate surface area is 226 Å². The predicted octanol–water partition coefficient (Wildman–Crippen LogP) is 5.39. The van der Waals surface area contributed by atoms with Crippen LogP contribution in [0.3, 0.4) is 0 Å². The molecule has 4 rings (SSSR count). The summed E-state index contributed by atoms with van der Waals surface area (Å²) in [5.74, 6) is 2.83. The van der Waals surface area contributed by atoms with E-state index in [1.165, 1.54) is 0 Å². The molecule has 1 aliphatic heterocycles. The zero-order valence-corrected chi connectivity index (χ0v) is 22.9. The number of benzene rings is 2. The molecule has 8 nitrogen and oxygen atoms in total. The molecule has 202 valence electrons. The summed E-state index contributed by atoms with van der Waals surface area (Å²) in [5.41, 5.74) is 3.76. The SMILES string of the molecule is CCN(CC)CCOc1ccc2cc1CN(C)CC=CCCOc1cc(ccc1OC)-c1ccnc(n1)N2. The highest BCUT2D eigenvalue weighted by Gasteiger charge is 2.12. The lowest BCUT2D eigenvalue weighted by molar-refractivity contribution is 0.220. The van der Waals surface area contributed by atoms with Gasteiger partial charge < -0.3 is 24.4 Å². The van der Waals surface area contributed by atoms with Gasteiger partial charge in [0.2, 0.25) is 5.95 Å². The molecule has 38 heavy (non-hydrogen) atoms. The first kappa shape index (κ1) is 27.4. The number of nitrogens with one attached hydrogen (secondary N) is 1. The van der Waals surface area contributed by atoms with Crippen LogP contribution in [0, 0.1) is 0 Å². The summed E-state index contributed by atoms with van der Waals surface area (Å²) < 4.78 is 17.8. The average molecular weight is 518 g/mol. The van der Waals surface area contributed by atoms with Gasteiger partial charge in [-0.2, -0.15) is 0 Å². The van der Waals surface area contributed by atoms with E-state index >= 15 is 0 Å². The molecule has 2 aromatic carbocycles. The van der Waals surface area contributed by atoms with Gasteiger partial charge in [0.05, 0.1) is 19.4 Å². The minimum Gasteiger partial charge on any atom is -0.493 e. The van der Waals surface area contributed by atoms with Crippen LogP contribution in [0.1, 0.15) is 25.8 Å². The third-order valence-corrected chi connectivity index (χ3v) is 6.56. The maximum absolute atomic E-state index is 6.25. The van der Waals surface area contributed by atoms with Crippen LogP contribution < -0.4 is 19.5 Å². The molecule has 1 N–H and O–H groups in total. The molecule has 0 amide bonds. The number of aromatic nitrogens is 2. The van der Waals surface area contributed by atoms with Crippen LogP contribution in [0.4, 0.5) is 11.6 Å². The highest BCUT2D eigenvalue weighted by molar-refractivity contribution is 5.66. The van der Waals surface area contributed by atoms with Gasteiger partial charge in [-0.3, -0.25) is 4.90 Å². The van der Waals surface area contributed by atoms with Crippen molar-refractivity contribution >= 4 is 11.6 Å². The summed E-state index contributed by atoms with van der Waals surface area (Å²) >= 11 is 0. The van der Waals surface area contributed by atoms with Gasteiger partial charge in [-0.05, 0) is 69.0 Å². The van der Waals surface area contributed by atoms with Crippen LogP contribution >= 0.6 is 0 Å². The molecule has 0 aliphatic carbocycles. The summed E-state index contributed by atoms with van der Waals surface area (Å²) in [6.07, 6.45) is 6.91. The number of fused-ring (bicyclic) bond motifs is 7. The quantitative estimate of drug-likeness (QED) is 0.419. The van der Waals surface area contributed by atoms with Gasteiger partial charge in [0.25, 0.3) is 0 Å². The number of hydrogen-bond donors (Lipinski definition) is 1. The Hall–Kier alpha value is -3.62. The lowest BCUT2D eigenvalue weighted by Gasteiger charge is -2.21. The number of hydrogen-bond acceptors (Lipinski definition) is 8. The van der Waals surface area contributed by atoms with Crippen molar-refractivity contribution in [3.05, 3.63) is 66.4 Å². The fourth-order valence-corrected chi connectivity index (χ4v) is 4.37. The van der Waals surface area contributed by atoms with Crippen LogP contribution in [0.2, 0.25) is 0 Å². The first-order chi connectivity index (χ1) is 18.6. The minimum absolute atomic E-state index is 0.527. The van der Waals surface area contributed by atoms with Gasteiger partial charge in [-0.1, -0.05) is 26.0 Å². The van der Waals surface area contributed by atoms with Gasteiger partial charge in [-0.25, -0.2) is 9.97 Å². The highest BCUT2D eigenvalue weighted by atomic mass is 16.5. The zero-order valence-electron chi connectivity index (χ0n) is 22.9. The van der Waals surface area contributed by atoms with Crippen LogP contribution in [-0.2, 0) is 6.54 Å². The second-order valence-corrected chi connectivity index (χ2v) is 9.26. The molecule has 6 bridgehead atoms. The molecular formula is C30H39N5O3. The molecule has 3 aromatic rings. The Kier molecular flexibility index (Phi) is 9.95. The minimum atomic E-state index is 0.527. The molecule has 2 heterocycles. The third-order valence-electron chi connectivity index (χ3n) is 6.56. The zero-order chi connectivity index (χ0) is 26.7. The van der Waals surface area contributed by atoms with Crippen LogP contribution in [-0.4, -0.2) is 73.3 Å². The van der Waals surface area contributed by atoms with Crippen molar-refractivity contribution in [3.8, 4) is 28.5 Å². The van der Waals surface area contributed by atoms with E-state index in [0.29, 0.717) is 30.7 Å². The number of rotatable bonds is 7. The van der Waals surface area contributed by atoms with Crippen LogP contribution in [0.25, 0.3) is 11.3 Å². The lowest BCUT2D eigenvalue weighted by atomic mass is 10.1. The number of methoxy groups -OCH3 is 1. The largest absolute Gasteiger partial charge is 0.493 e. The first-order valence-electron chi connectivity index (χ1n) is 13.3. The number of anilines is 2. The van der Waals surface area contributed by atoms with Crippen LogP contribution in [0.5, 0.6) is 17.2 Å². The molecule has 8 heteroatoms. The summed E-state index contributed by atoms with van der Waals surface area (Å²) in [5, 5.41) is 3.38. The van der Waals surface area contributed by atoms with Gasteiger partial charge in [0.1, 0.15) is 12.4 Å². The van der Waals surface area contributed by atoms with E-state index in [4.69, 9.17) is 19.2 Å². The van der Waals surface area contributed by atoms with Crippen LogP contribution in [0.15, 0.2) is 60.8 Å². The Balaban J connectivity index is 1.63. The fraction of sp³-hybridized carbons (Fsp3) is 0.400. The molecule has 0 fully saturated rings. The van der Waals surface area contributed by atoms with Gasteiger partial charge in [-0.15, -0.1) is 0 Å². The molecule has 0 radical (unpaired) electrons. The predicted molar refractivity (Wildman–Crippen MR) is 153 cm³/mol. The second-order valence-electron chi connectivity index (χ2n) is 9.26. The molecular weight excluding hydrogens is 478 g/mol. The highest BCUT2D eigenvalue weighted by Crippen LogP contribution is 2.33. The van der Waals surface area contributed by atoms with Crippen molar-refractivity contribution in [2.75, 3.05) is 58.9 Å². The summed E-state index contributed by atoms with van der Waals surface area (Å²) in [7, 11) is 3.76. The van der Waals surface area contributed by atoms with E-state index in [1.54, 1.807) is 13.3 Å². The summed E-state index contributed by atoms with van der Waals surface area (Å²) in [6, 6.07) is 13.9. The molecule has 0 saturated carbocycles. The topological polar surface area (TPSA) is 72.0 Å². The van der Waals surface area contributed by atoms with E-state index in [0.717, 1.165) is 67.4 Å². The van der Waals surface area contributed by atoms with Gasteiger partial charge in [0, 0.05) is 42.6 Å². The first-order valence-corrected chi connectivity index (χ1v) is 13.3. The van der Waals surface area contributed by atoms with E-state index in [9.17, 15) is 0 Å². The molecule has 0 spiro atoms. The summed E-state index contributed by atoms with van der Waals surface area (Å²) in [6.45, 7) is 10.1. The van der Waals surface area contributed by atoms with E-state index in [1.807, 2.05) is 36.4 Å². The standard InChI is InChI=1S/C30H39N5O3/c1-5-35(6-2)17-19-38-27-13-11-25-20-24(27)22-34(3)16-8-7-9-18-37-29-21-23(10-12-28(29)36-4)26-14-15-31-30(32-25)33-26/h7-8,10-15,20-21H,5-6,9,16-19,22H2,1-4H3,(H,31,32,33). The van der Waals surface area contributed by atoms with E-state index in [2.05, 4.69) is 59.2 Å². The maximum Gasteiger partial charge on any atom is 0.227 e. The van der Waals surface area contributed by atoms with Crippen molar-refractivity contribution in [1.29, 1.82) is 0 Å². The molecule has 0 unspecified atom stereocenters. The third kappa shape index (κ3) is 7.46. The number of likely N-dealkylation sites (N-methyl/N-ethyl adjacent to an activating group) is 2. The van der Waals surface area contributed by atoms with Gasteiger partial charge >= 0.3 is 0 Å². The molecule has 0 saturated heterocycles. The molecule has 0 atom stereocenters.